The number of carbonyl (C=O) groups is 1. The monoisotopic (exact) mass is 163 g/mol. The molecule has 0 bridgehead atoms. The summed E-state index contributed by atoms with van der Waals surface area (Å²) in [6.07, 6.45) is 6.94. The summed E-state index contributed by atoms with van der Waals surface area (Å²) >= 11 is 0. The van der Waals surface area contributed by atoms with Crippen LogP contribution in [-0.4, -0.2) is 10.5 Å². The lowest BCUT2D eigenvalue weighted by Crippen LogP contribution is -2.37. The van der Waals surface area contributed by atoms with Crippen LogP contribution < -0.4 is 0 Å². The van der Waals surface area contributed by atoms with Crippen molar-refractivity contribution in [3.05, 3.63) is 24.5 Å². The van der Waals surface area contributed by atoms with Gasteiger partial charge >= 0.3 is 0 Å². The summed E-state index contributed by atoms with van der Waals surface area (Å²) in [6.45, 7) is 2.05. The van der Waals surface area contributed by atoms with Gasteiger partial charge in [-0.25, -0.2) is 0 Å². The van der Waals surface area contributed by atoms with Crippen molar-refractivity contribution in [1.29, 1.82) is 0 Å². The maximum atomic E-state index is 11.8. The van der Waals surface area contributed by atoms with Crippen molar-refractivity contribution in [2.75, 3.05) is 0 Å². The molecule has 1 aromatic rings. The van der Waals surface area contributed by atoms with Crippen LogP contribution >= 0.6 is 0 Å². The lowest BCUT2D eigenvalue weighted by Gasteiger charge is -2.36. The quantitative estimate of drug-likeness (QED) is 0.622. The van der Waals surface area contributed by atoms with Crippen LogP contribution in [0.25, 0.3) is 0 Å². The van der Waals surface area contributed by atoms with E-state index in [9.17, 15) is 4.79 Å². The highest BCUT2D eigenvalue weighted by Gasteiger charge is 2.39. The Morgan fingerprint density at radius 3 is 2.33 bits per heavy atom. The van der Waals surface area contributed by atoms with Crippen LogP contribution in [0.2, 0.25) is 0 Å². The molecule has 0 N–H and O–H groups in total. The first kappa shape index (κ1) is 7.59. The topological polar surface area (TPSA) is 22.0 Å². The molecule has 2 nitrogen and oxygen atoms in total. The number of hydrogen-bond acceptors (Lipinski definition) is 1. The van der Waals surface area contributed by atoms with Gasteiger partial charge in [-0.05, 0) is 25.0 Å². The summed E-state index contributed by atoms with van der Waals surface area (Å²) in [6, 6.07) is 3.78. The molecule has 0 amide bonds. The van der Waals surface area contributed by atoms with Gasteiger partial charge in [-0.1, -0.05) is 13.3 Å². The molecule has 0 atom stereocenters. The SMILES string of the molecule is CC1(C(=O)n2cccc2)CCC1. The van der Waals surface area contributed by atoms with Gasteiger partial charge in [0, 0.05) is 17.8 Å². The predicted molar refractivity (Wildman–Crippen MR) is 47.0 cm³/mol. The van der Waals surface area contributed by atoms with E-state index in [2.05, 4.69) is 6.92 Å². The molecule has 1 aliphatic rings. The fourth-order valence-corrected chi connectivity index (χ4v) is 1.70. The van der Waals surface area contributed by atoms with Gasteiger partial charge in [-0.2, -0.15) is 0 Å². The Balaban J connectivity index is 2.20. The number of hydrogen-bond donors (Lipinski definition) is 0. The Bertz CT molecular complexity index is 283. The van der Waals surface area contributed by atoms with Gasteiger partial charge in [0.2, 0.25) is 5.91 Å². The van der Waals surface area contributed by atoms with Crippen molar-refractivity contribution in [2.45, 2.75) is 26.2 Å². The molecule has 0 unspecified atom stereocenters. The van der Waals surface area contributed by atoms with Crippen LogP contribution in [0.1, 0.15) is 31.0 Å². The number of nitrogens with zero attached hydrogens (tertiary/aromatic N) is 1. The molecular formula is C10H13NO. The summed E-state index contributed by atoms with van der Waals surface area (Å²) in [7, 11) is 0. The Morgan fingerprint density at radius 2 is 1.92 bits per heavy atom. The molecular weight excluding hydrogens is 150 g/mol. The molecule has 0 aliphatic heterocycles. The summed E-state index contributed by atoms with van der Waals surface area (Å²) in [5.74, 6) is 0.249. The van der Waals surface area contributed by atoms with E-state index in [1.807, 2.05) is 24.5 Å². The van der Waals surface area contributed by atoms with Crippen LogP contribution in [0.4, 0.5) is 0 Å². The maximum Gasteiger partial charge on any atom is 0.236 e. The zero-order valence-electron chi connectivity index (χ0n) is 7.29. The second-order valence-corrected chi connectivity index (χ2v) is 3.81. The fraction of sp³-hybridized carbons (Fsp3) is 0.500. The molecule has 0 radical (unpaired) electrons. The summed E-state index contributed by atoms with van der Waals surface area (Å²) in [5, 5.41) is 0. The van der Waals surface area contributed by atoms with Gasteiger partial charge in [-0.15, -0.1) is 0 Å². The Kier molecular flexibility index (Phi) is 1.56. The largest absolute Gasteiger partial charge is 0.294 e. The van der Waals surface area contributed by atoms with E-state index in [4.69, 9.17) is 0 Å². The van der Waals surface area contributed by atoms with Gasteiger partial charge in [0.15, 0.2) is 0 Å². The van der Waals surface area contributed by atoms with Crippen molar-refractivity contribution in [3.63, 3.8) is 0 Å². The van der Waals surface area contributed by atoms with E-state index in [0.29, 0.717) is 0 Å². The van der Waals surface area contributed by atoms with E-state index < -0.39 is 0 Å². The minimum absolute atomic E-state index is 0.0704. The Morgan fingerprint density at radius 1 is 1.33 bits per heavy atom. The molecule has 1 saturated carbocycles. The van der Waals surface area contributed by atoms with E-state index >= 15 is 0 Å². The molecule has 1 aromatic heterocycles. The van der Waals surface area contributed by atoms with Crippen LogP contribution in [0.5, 0.6) is 0 Å². The molecule has 1 heterocycles. The minimum Gasteiger partial charge on any atom is -0.294 e. The highest BCUT2D eigenvalue weighted by atomic mass is 16.2. The third-order valence-corrected chi connectivity index (χ3v) is 2.81. The zero-order valence-corrected chi connectivity index (χ0v) is 7.29. The normalized spacial score (nSPS) is 20.1. The number of carbonyl (C=O) groups excluding carboxylic acids is 1. The van der Waals surface area contributed by atoms with Gasteiger partial charge in [0.25, 0.3) is 0 Å². The van der Waals surface area contributed by atoms with Gasteiger partial charge in [0.1, 0.15) is 0 Å². The summed E-state index contributed by atoms with van der Waals surface area (Å²) < 4.78 is 1.69. The zero-order chi connectivity index (χ0) is 8.60. The second-order valence-electron chi connectivity index (χ2n) is 3.81. The van der Waals surface area contributed by atoms with Crippen molar-refractivity contribution in [2.24, 2.45) is 5.41 Å². The molecule has 64 valence electrons. The van der Waals surface area contributed by atoms with E-state index in [1.54, 1.807) is 4.57 Å². The average molecular weight is 163 g/mol. The van der Waals surface area contributed by atoms with Crippen molar-refractivity contribution in [1.82, 2.24) is 4.57 Å². The first-order valence-corrected chi connectivity index (χ1v) is 4.40. The van der Waals surface area contributed by atoms with Crippen LogP contribution in [0.15, 0.2) is 24.5 Å². The molecule has 2 rings (SSSR count). The number of aromatic nitrogens is 1. The molecule has 2 heteroatoms. The lowest BCUT2D eigenvalue weighted by molar-refractivity contribution is 0.0564. The molecule has 0 saturated heterocycles. The van der Waals surface area contributed by atoms with E-state index in [-0.39, 0.29) is 11.3 Å². The Labute approximate surface area is 72.2 Å². The first-order chi connectivity index (χ1) is 5.72. The highest BCUT2D eigenvalue weighted by Crippen LogP contribution is 2.41. The van der Waals surface area contributed by atoms with E-state index in [0.717, 1.165) is 12.8 Å². The van der Waals surface area contributed by atoms with Gasteiger partial charge in [-0.3, -0.25) is 9.36 Å². The van der Waals surface area contributed by atoms with Crippen molar-refractivity contribution in [3.8, 4) is 0 Å². The van der Waals surface area contributed by atoms with Crippen LogP contribution in [0, 0.1) is 5.41 Å². The second kappa shape index (κ2) is 2.47. The Hall–Kier alpha value is -1.05. The van der Waals surface area contributed by atoms with Gasteiger partial charge in [0.05, 0.1) is 0 Å². The fourth-order valence-electron chi connectivity index (χ4n) is 1.70. The van der Waals surface area contributed by atoms with Crippen molar-refractivity contribution < 1.29 is 4.79 Å². The predicted octanol–water partition coefficient (Wildman–Crippen LogP) is 2.32. The third-order valence-electron chi connectivity index (χ3n) is 2.81. The van der Waals surface area contributed by atoms with Crippen LogP contribution in [-0.2, 0) is 0 Å². The standard InChI is InChI=1S/C10H13NO/c1-10(5-4-6-10)9(12)11-7-2-3-8-11/h2-3,7-8H,4-6H2,1H3. The first-order valence-electron chi connectivity index (χ1n) is 4.40. The average Bonchev–Trinajstić information content (AvgIpc) is 2.50. The third kappa shape index (κ3) is 0.986. The highest BCUT2D eigenvalue weighted by molar-refractivity contribution is 5.85. The summed E-state index contributed by atoms with van der Waals surface area (Å²) in [5.41, 5.74) is -0.0704. The van der Waals surface area contributed by atoms with Gasteiger partial charge < -0.3 is 0 Å². The smallest absolute Gasteiger partial charge is 0.236 e. The van der Waals surface area contributed by atoms with Crippen molar-refractivity contribution >= 4 is 5.91 Å². The number of rotatable bonds is 1. The molecule has 0 aromatic carbocycles. The lowest BCUT2D eigenvalue weighted by atomic mass is 9.70. The molecule has 1 fully saturated rings. The molecule has 0 spiro atoms. The minimum atomic E-state index is -0.0704. The van der Waals surface area contributed by atoms with E-state index in [1.165, 1.54) is 6.42 Å². The molecule has 1 aliphatic carbocycles. The van der Waals surface area contributed by atoms with Crippen LogP contribution in [0.3, 0.4) is 0 Å². The summed E-state index contributed by atoms with van der Waals surface area (Å²) in [4.78, 5) is 11.8. The molecule has 12 heavy (non-hydrogen) atoms. The maximum absolute atomic E-state index is 11.8.